The van der Waals surface area contributed by atoms with Gasteiger partial charge in [-0.25, -0.2) is 4.98 Å². The van der Waals surface area contributed by atoms with Gasteiger partial charge >= 0.3 is 0 Å². The molecule has 1 N–H and O–H groups in total. The smallest absolute Gasteiger partial charge is 0.225 e. The molecule has 2 fully saturated rings. The van der Waals surface area contributed by atoms with Gasteiger partial charge in [0.2, 0.25) is 5.91 Å². The minimum absolute atomic E-state index is 0.266. The highest BCUT2D eigenvalue weighted by Crippen LogP contribution is 2.34. The predicted molar refractivity (Wildman–Crippen MR) is 87.5 cm³/mol. The summed E-state index contributed by atoms with van der Waals surface area (Å²) in [5.74, 6) is 1.84. The number of imidazole rings is 1. The zero-order chi connectivity index (χ0) is 15.4. The van der Waals surface area contributed by atoms with Crippen molar-refractivity contribution in [1.82, 2.24) is 14.9 Å². The summed E-state index contributed by atoms with van der Waals surface area (Å²) >= 11 is 0. The van der Waals surface area contributed by atoms with E-state index in [2.05, 4.69) is 21.8 Å². The van der Waals surface area contributed by atoms with Crippen LogP contribution < -0.4 is 0 Å². The summed E-state index contributed by atoms with van der Waals surface area (Å²) < 4.78 is 0. The third-order valence-corrected chi connectivity index (χ3v) is 5.72. The molecule has 1 aromatic rings. The summed E-state index contributed by atoms with van der Waals surface area (Å²) in [6.45, 7) is 3.99. The number of nitrogens with zero attached hydrogens (tertiary/aromatic N) is 2. The summed E-state index contributed by atoms with van der Waals surface area (Å²) in [6.07, 6.45) is 13.4. The number of hydrogen-bond donors (Lipinski definition) is 1. The number of hydrogen-bond acceptors (Lipinski definition) is 2. The van der Waals surface area contributed by atoms with Crippen molar-refractivity contribution < 1.29 is 4.79 Å². The summed E-state index contributed by atoms with van der Waals surface area (Å²) in [6, 6.07) is 0. The second-order valence-corrected chi connectivity index (χ2v) is 7.01. The quantitative estimate of drug-likeness (QED) is 0.921. The van der Waals surface area contributed by atoms with Crippen LogP contribution >= 0.6 is 0 Å². The third kappa shape index (κ3) is 3.36. The fourth-order valence-corrected chi connectivity index (χ4v) is 4.37. The molecule has 4 nitrogen and oxygen atoms in total. The fraction of sp³-hybridized carbons (Fsp3) is 0.778. The molecule has 1 saturated carbocycles. The van der Waals surface area contributed by atoms with Crippen LogP contribution in [0.25, 0.3) is 0 Å². The number of rotatable bonds is 4. The number of piperidine rings is 1. The van der Waals surface area contributed by atoms with E-state index in [0.29, 0.717) is 17.7 Å². The van der Waals surface area contributed by atoms with E-state index in [9.17, 15) is 4.79 Å². The van der Waals surface area contributed by atoms with Crippen molar-refractivity contribution in [3.05, 3.63) is 18.2 Å². The first-order chi connectivity index (χ1) is 10.8. The second kappa shape index (κ2) is 7.30. The highest BCUT2D eigenvalue weighted by molar-refractivity contribution is 5.79. The molecule has 1 saturated heterocycles. The molecule has 3 rings (SSSR count). The lowest BCUT2D eigenvalue weighted by molar-refractivity contribution is -0.139. The third-order valence-electron chi connectivity index (χ3n) is 5.72. The topological polar surface area (TPSA) is 49.0 Å². The van der Waals surface area contributed by atoms with Gasteiger partial charge in [-0.05, 0) is 38.0 Å². The van der Waals surface area contributed by atoms with Crippen molar-refractivity contribution in [2.45, 2.75) is 64.2 Å². The lowest BCUT2D eigenvalue weighted by Gasteiger charge is -2.36. The molecule has 1 aromatic heterocycles. The number of carbonyl (C=O) groups is 1. The number of amides is 1. The summed E-state index contributed by atoms with van der Waals surface area (Å²) in [7, 11) is 0. The van der Waals surface area contributed by atoms with Crippen LogP contribution in [0.3, 0.4) is 0 Å². The molecule has 1 aliphatic carbocycles. The van der Waals surface area contributed by atoms with E-state index >= 15 is 0 Å². The van der Waals surface area contributed by atoms with Crippen LogP contribution in [0, 0.1) is 11.8 Å². The Morgan fingerprint density at radius 1 is 1.27 bits per heavy atom. The first-order valence-electron chi connectivity index (χ1n) is 9.07. The highest BCUT2D eigenvalue weighted by Gasteiger charge is 2.33. The average molecular weight is 303 g/mol. The summed E-state index contributed by atoms with van der Waals surface area (Å²) in [4.78, 5) is 22.5. The van der Waals surface area contributed by atoms with Gasteiger partial charge in [0, 0.05) is 31.1 Å². The standard InChI is InChI=1S/C18H29N3O/c1-2-16(14-6-4-3-5-7-14)18(22)21-10-8-15(9-11-21)17-12-19-13-20-17/h12-16H,2-11H2,1H3,(H,19,20). The molecule has 0 bridgehead atoms. The average Bonchev–Trinajstić information content (AvgIpc) is 3.11. The molecule has 1 amide bonds. The molecule has 2 aliphatic rings. The van der Waals surface area contributed by atoms with Crippen molar-refractivity contribution in [1.29, 1.82) is 0 Å². The zero-order valence-corrected chi connectivity index (χ0v) is 13.8. The van der Waals surface area contributed by atoms with Crippen LogP contribution in [0.2, 0.25) is 0 Å². The largest absolute Gasteiger partial charge is 0.351 e. The fourth-order valence-electron chi connectivity index (χ4n) is 4.37. The second-order valence-electron chi connectivity index (χ2n) is 7.01. The van der Waals surface area contributed by atoms with E-state index < -0.39 is 0 Å². The Hall–Kier alpha value is -1.32. The molecule has 0 aromatic carbocycles. The Morgan fingerprint density at radius 2 is 2.00 bits per heavy atom. The Bertz CT molecular complexity index is 457. The van der Waals surface area contributed by atoms with Gasteiger partial charge in [0.25, 0.3) is 0 Å². The highest BCUT2D eigenvalue weighted by atomic mass is 16.2. The molecular weight excluding hydrogens is 274 g/mol. The van der Waals surface area contributed by atoms with Crippen molar-refractivity contribution in [2.75, 3.05) is 13.1 Å². The molecule has 2 heterocycles. The Labute approximate surface area is 133 Å². The minimum atomic E-state index is 0.266. The van der Waals surface area contributed by atoms with Gasteiger partial charge in [-0.3, -0.25) is 4.79 Å². The lowest BCUT2D eigenvalue weighted by atomic mass is 9.78. The normalized spacial score (nSPS) is 22.7. The van der Waals surface area contributed by atoms with E-state index in [1.54, 1.807) is 6.33 Å². The molecule has 122 valence electrons. The van der Waals surface area contributed by atoms with Crippen molar-refractivity contribution in [3.8, 4) is 0 Å². The maximum atomic E-state index is 12.9. The predicted octanol–water partition coefficient (Wildman–Crippen LogP) is 3.72. The van der Waals surface area contributed by atoms with Gasteiger partial charge in [0.15, 0.2) is 0 Å². The van der Waals surface area contributed by atoms with Gasteiger partial charge in [-0.1, -0.05) is 26.2 Å². The SMILES string of the molecule is CCC(C(=O)N1CCC(c2c[nH]cn2)CC1)C1CCCCC1. The molecule has 0 spiro atoms. The van der Waals surface area contributed by atoms with Gasteiger partial charge in [-0.15, -0.1) is 0 Å². The zero-order valence-electron chi connectivity index (χ0n) is 13.8. The van der Waals surface area contributed by atoms with Crippen LogP contribution in [0.5, 0.6) is 0 Å². The number of aromatic amines is 1. The van der Waals surface area contributed by atoms with E-state index in [-0.39, 0.29) is 5.92 Å². The van der Waals surface area contributed by atoms with Crippen LogP contribution in [-0.2, 0) is 4.79 Å². The van der Waals surface area contributed by atoms with Gasteiger partial charge in [0.05, 0.1) is 12.0 Å². The summed E-state index contributed by atoms with van der Waals surface area (Å²) in [5.41, 5.74) is 1.16. The van der Waals surface area contributed by atoms with E-state index in [4.69, 9.17) is 0 Å². The van der Waals surface area contributed by atoms with E-state index in [0.717, 1.165) is 38.0 Å². The van der Waals surface area contributed by atoms with Crippen LogP contribution in [-0.4, -0.2) is 33.9 Å². The Morgan fingerprint density at radius 3 is 2.59 bits per heavy atom. The summed E-state index contributed by atoms with van der Waals surface area (Å²) in [5, 5.41) is 0. The molecule has 0 radical (unpaired) electrons. The first kappa shape index (κ1) is 15.6. The van der Waals surface area contributed by atoms with Crippen molar-refractivity contribution in [2.24, 2.45) is 11.8 Å². The Balaban J connectivity index is 1.56. The molecule has 4 heteroatoms. The van der Waals surface area contributed by atoms with Crippen LogP contribution in [0.15, 0.2) is 12.5 Å². The van der Waals surface area contributed by atoms with Crippen LogP contribution in [0.4, 0.5) is 0 Å². The first-order valence-corrected chi connectivity index (χ1v) is 9.07. The molecule has 1 aliphatic heterocycles. The van der Waals surface area contributed by atoms with E-state index in [1.165, 1.54) is 32.1 Å². The number of likely N-dealkylation sites (tertiary alicyclic amines) is 1. The number of carbonyl (C=O) groups excluding carboxylic acids is 1. The molecule has 1 unspecified atom stereocenters. The van der Waals surface area contributed by atoms with Gasteiger partial charge in [-0.2, -0.15) is 0 Å². The number of aromatic nitrogens is 2. The molecular formula is C18H29N3O. The lowest BCUT2D eigenvalue weighted by Crippen LogP contribution is -2.43. The Kier molecular flexibility index (Phi) is 5.16. The van der Waals surface area contributed by atoms with Crippen molar-refractivity contribution >= 4 is 5.91 Å². The maximum absolute atomic E-state index is 12.9. The molecule has 22 heavy (non-hydrogen) atoms. The van der Waals surface area contributed by atoms with Crippen LogP contribution in [0.1, 0.15) is 69.9 Å². The van der Waals surface area contributed by atoms with E-state index in [1.807, 2.05) is 6.20 Å². The van der Waals surface area contributed by atoms with Crippen molar-refractivity contribution in [3.63, 3.8) is 0 Å². The van der Waals surface area contributed by atoms with Gasteiger partial charge in [0.1, 0.15) is 0 Å². The maximum Gasteiger partial charge on any atom is 0.225 e. The molecule has 1 atom stereocenters. The number of H-pyrrole nitrogens is 1. The monoisotopic (exact) mass is 303 g/mol. The minimum Gasteiger partial charge on any atom is -0.351 e. The number of nitrogens with one attached hydrogen (secondary N) is 1. The van der Waals surface area contributed by atoms with Gasteiger partial charge < -0.3 is 9.88 Å².